The monoisotopic (exact) mass is 348 g/mol. The van der Waals surface area contributed by atoms with E-state index in [1.54, 1.807) is 12.1 Å². The van der Waals surface area contributed by atoms with Gasteiger partial charge in [-0.25, -0.2) is 4.90 Å². The van der Waals surface area contributed by atoms with Crippen LogP contribution in [0.4, 0.5) is 16.2 Å². The highest BCUT2D eigenvalue weighted by atomic mass is 32.2. The molecule has 1 saturated heterocycles. The summed E-state index contributed by atoms with van der Waals surface area (Å²) in [6.07, 6.45) is 0. The number of carbonyl (C=O) groups excluding carboxylic acids is 2. The van der Waals surface area contributed by atoms with Gasteiger partial charge in [0.05, 0.1) is 5.69 Å². The van der Waals surface area contributed by atoms with Crippen LogP contribution in [0.15, 0.2) is 66.7 Å². The molecule has 0 bridgehead atoms. The van der Waals surface area contributed by atoms with Crippen molar-refractivity contribution < 1.29 is 9.59 Å². The van der Waals surface area contributed by atoms with Crippen LogP contribution in [0.1, 0.15) is 5.56 Å². The second-order valence-electron chi connectivity index (χ2n) is 5.94. The first kappa shape index (κ1) is 15.7. The lowest BCUT2D eigenvalue weighted by atomic mass is 10.1. The van der Waals surface area contributed by atoms with Crippen LogP contribution < -0.4 is 10.2 Å². The molecule has 0 spiro atoms. The molecule has 1 aliphatic rings. The van der Waals surface area contributed by atoms with Gasteiger partial charge in [0.2, 0.25) is 0 Å². The van der Waals surface area contributed by atoms with Gasteiger partial charge in [0.1, 0.15) is 0 Å². The molecule has 25 heavy (non-hydrogen) atoms. The fraction of sp³-hybridized carbons (Fsp3) is 0.100. The van der Waals surface area contributed by atoms with Crippen molar-refractivity contribution in [1.82, 2.24) is 0 Å². The molecule has 4 rings (SSSR count). The minimum Gasteiger partial charge on any atom is -0.365 e. The van der Waals surface area contributed by atoms with Crippen LogP contribution in [0.25, 0.3) is 10.8 Å². The molecule has 2 amide bonds. The molecule has 3 aromatic carbocycles. The maximum atomic E-state index is 12.8. The minimum atomic E-state index is -0.625. The van der Waals surface area contributed by atoms with E-state index in [1.165, 1.54) is 4.90 Å². The Bertz CT molecular complexity index is 964. The third-order valence-corrected chi connectivity index (χ3v) is 5.15. The molecule has 1 aliphatic heterocycles. The van der Waals surface area contributed by atoms with Crippen LogP contribution in [0.2, 0.25) is 0 Å². The van der Waals surface area contributed by atoms with E-state index in [-0.39, 0.29) is 11.1 Å². The fourth-order valence-electron chi connectivity index (χ4n) is 2.92. The Labute approximate surface area is 149 Å². The van der Waals surface area contributed by atoms with Gasteiger partial charge in [-0.15, -0.1) is 0 Å². The number of hydrogen-bond acceptors (Lipinski definition) is 4. The third kappa shape index (κ3) is 2.87. The summed E-state index contributed by atoms with van der Waals surface area (Å²) in [6, 6.07) is 21.2. The Morgan fingerprint density at radius 1 is 0.920 bits per heavy atom. The summed E-state index contributed by atoms with van der Waals surface area (Å²) in [5, 5.41) is 4.46. The van der Waals surface area contributed by atoms with Gasteiger partial charge in [-0.05, 0) is 42.3 Å². The van der Waals surface area contributed by atoms with E-state index >= 15 is 0 Å². The molecule has 3 aromatic rings. The number of fused-ring (bicyclic) bond motifs is 1. The van der Waals surface area contributed by atoms with Crippen LogP contribution in [0, 0.1) is 6.92 Å². The Morgan fingerprint density at radius 3 is 2.44 bits per heavy atom. The highest BCUT2D eigenvalue weighted by molar-refractivity contribution is 8.16. The summed E-state index contributed by atoms with van der Waals surface area (Å²) < 4.78 is 0. The fourth-order valence-corrected chi connectivity index (χ4v) is 3.82. The van der Waals surface area contributed by atoms with Gasteiger partial charge in [-0.1, -0.05) is 54.1 Å². The number of aryl methyl sites for hydroxylation is 1. The summed E-state index contributed by atoms with van der Waals surface area (Å²) >= 11 is 1.01. The first-order valence-corrected chi connectivity index (χ1v) is 8.87. The molecule has 124 valence electrons. The number of nitrogens with one attached hydrogen (secondary N) is 1. The van der Waals surface area contributed by atoms with E-state index in [1.807, 2.05) is 61.5 Å². The highest BCUT2D eigenvalue weighted by Gasteiger charge is 2.40. The molecule has 0 radical (unpaired) electrons. The smallest absolute Gasteiger partial charge is 0.295 e. The summed E-state index contributed by atoms with van der Waals surface area (Å²) in [5.41, 5.74) is 2.54. The number of benzene rings is 3. The molecule has 4 nitrogen and oxygen atoms in total. The van der Waals surface area contributed by atoms with Crippen molar-refractivity contribution in [2.24, 2.45) is 0 Å². The topological polar surface area (TPSA) is 49.4 Å². The summed E-state index contributed by atoms with van der Waals surface area (Å²) in [4.78, 5) is 26.4. The average molecular weight is 348 g/mol. The van der Waals surface area contributed by atoms with Crippen molar-refractivity contribution in [3.63, 3.8) is 0 Å². The van der Waals surface area contributed by atoms with Gasteiger partial charge >= 0.3 is 0 Å². The van der Waals surface area contributed by atoms with Crippen molar-refractivity contribution in [3.8, 4) is 0 Å². The first-order chi connectivity index (χ1) is 12.1. The van der Waals surface area contributed by atoms with Gasteiger partial charge in [0.15, 0.2) is 5.37 Å². The van der Waals surface area contributed by atoms with E-state index in [0.717, 1.165) is 33.8 Å². The van der Waals surface area contributed by atoms with Crippen LogP contribution in [-0.2, 0) is 4.79 Å². The highest BCUT2D eigenvalue weighted by Crippen LogP contribution is 2.34. The zero-order valence-corrected chi connectivity index (χ0v) is 14.4. The third-order valence-electron chi connectivity index (χ3n) is 4.21. The molecule has 0 aliphatic carbocycles. The van der Waals surface area contributed by atoms with E-state index < -0.39 is 5.37 Å². The average Bonchev–Trinajstić information content (AvgIpc) is 2.90. The molecular weight excluding hydrogens is 332 g/mol. The molecule has 0 saturated carbocycles. The number of nitrogens with zero attached hydrogens (tertiary/aromatic N) is 1. The number of anilines is 2. The van der Waals surface area contributed by atoms with Crippen LogP contribution in [-0.4, -0.2) is 16.5 Å². The minimum absolute atomic E-state index is 0.244. The van der Waals surface area contributed by atoms with Crippen LogP contribution in [0.5, 0.6) is 0 Å². The quantitative estimate of drug-likeness (QED) is 0.739. The molecule has 1 atom stereocenters. The van der Waals surface area contributed by atoms with Crippen molar-refractivity contribution in [2.45, 2.75) is 12.3 Å². The molecule has 5 heteroatoms. The number of thioether (sulfide) groups is 1. The Balaban J connectivity index is 1.63. The molecule has 1 N–H and O–H groups in total. The van der Waals surface area contributed by atoms with E-state index in [2.05, 4.69) is 5.32 Å². The van der Waals surface area contributed by atoms with Crippen molar-refractivity contribution in [1.29, 1.82) is 0 Å². The molecule has 0 unspecified atom stereocenters. The molecular formula is C20H16N2O2S. The molecule has 1 fully saturated rings. The Hall–Kier alpha value is -2.79. The summed E-state index contributed by atoms with van der Waals surface area (Å²) in [5.74, 6) is -0.244. The van der Waals surface area contributed by atoms with Crippen molar-refractivity contribution in [2.75, 3.05) is 10.2 Å². The van der Waals surface area contributed by atoms with Crippen LogP contribution in [0.3, 0.4) is 0 Å². The number of rotatable bonds is 3. The van der Waals surface area contributed by atoms with Gasteiger partial charge < -0.3 is 5.32 Å². The van der Waals surface area contributed by atoms with Gasteiger partial charge in [0, 0.05) is 11.1 Å². The Morgan fingerprint density at radius 2 is 1.64 bits per heavy atom. The molecule has 1 heterocycles. The van der Waals surface area contributed by atoms with Gasteiger partial charge in [-0.2, -0.15) is 0 Å². The predicted octanol–water partition coefficient (Wildman–Crippen LogP) is 4.79. The lowest BCUT2D eigenvalue weighted by molar-refractivity contribution is -0.116. The summed E-state index contributed by atoms with van der Waals surface area (Å²) in [6.45, 7) is 1.97. The molecule has 0 aromatic heterocycles. The lowest BCUT2D eigenvalue weighted by Crippen LogP contribution is -2.34. The van der Waals surface area contributed by atoms with Crippen LogP contribution >= 0.6 is 11.8 Å². The SMILES string of the molecule is Cc1ccc(N2C(=O)S[C@@H](Nc3cccc4ccccc34)C2=O)cc1. The van der Waals surface area contributed by atoms with E-state index in [4.69, 9.17) is 0 Å². The second-order valence-corrected chi connectivity index (χ2v) is 7.00. The van der Waals surface area contributed by atoms with Gasteiger partial charge in [-0.3, -0.25) is 9.59 Å². The normalized spacial score (nSPS) is 17.3. The van der Waals surface area contributed by atoms with Gasteiger partial charge in [0.25, 0.3) is 11.1 Å². The Kier molecular flexibility index (Phi) is 3.93. The second kappa shape index (κ2) is 6.26. The standard InChI is InChI=1S/C20H16N2O2S/c1-13-9-11-15(12-10-13)22-19(23)18(25-20(22)24)21-17-8-4-6-14-5-2-3-7-16(14)17/h2-12,18,21H,1H3/t18-/m1/s1. The first-order valence-electron chi connectivity index (χ1n) is 7.99. The number of carbonyl (C=O) groups is 2. The van der Waals surface area contributed by atoms with E-state index in [9.17, 15) is 9.59 Å². The maximum absolute atomic E-state index is 12.8. The zero-order chi connectivity index (χ0) is 17.4. The lowest BCUT2D eigenvalue weighted by Gasteiger charge is -2.16. The maximum Gasteiger partial charge on any atom is 0.295 e. The summed E-state index contributed by atoms with van der Waals surface area (Å²) in [7, 11) is 0. The van der Waals surface area contributed by atoms with Crippen molar-refractivity contribution >= 4 is 45.1 Å². The van der Waals surface area contributed by atoms with E-state index in [0.29, 0.717) is 5.69 Å². The number of amides is 2. The number of imide groups is 1. The van der Waals surface area contributed by atoms with Crippen molar-refractivity contribution in [3.05, 3.63) is 72.3 Å². The largest absolute Gasteiger partial charge is 0.365 e. The zero-order valence-electron chi connectivity index (χ0n) is 13.6. The number of hydrogen-bond donors (Lipinski definition) is 1. The predicted molar refractivity (Wildman–Crippen MR) is 103 cm³/mol.